The Balaban J connectivity index is 0.00000192. The van der Waals surface area contributed by atoms with Crippen LogP contribution in [0.5, 0.6) is 5.75 Å². The van der Waals surface area contributed by atoms with Crippen LogP contribution in [0.4, 0.5) is 0 Å². The third kappa shape index (κ3) is 4.22. The van der Waals surface area contributed by atoms with Gasteiger partial charge in [-0.05, 0) is 60.9 Å². The second-order valence-corrected chi connectivity index (χ2v) is 7.86. The first kappa shape index (κ1) is 18.6. The number of halogens is 1. The molecule has 23 heavy (non-hydrogen) atoms. The SMILES string of the molecule is C[C@H]1CN(CCC2CCCC2)CC[C@]1(C)c1cccc(O)c1.Cl. The Hall–Kier alpha value is -0.730. The fraction of sp³-hybridized carbons (Fsp3) is 0.700. The number of hydrogen-bond acceptors (Lipinski definition) is 2. The van der Waals surface area contributed by atoms with E-state index in [9.17, 15) is 5.11 Å². The van der Waals surface area contributed by atoms with Crippen LogP contribution in [0.25, 0.3) is 0 Å². The molecule has 2 nitrogen and oxygen atoms in total. The third-order valence-corrected chi connectivity index (χ3v) is 6.40. The van der Waals surface area contributed by atoms with E-state index >= 15 is 0 Å². The third-order valence-electron chi connectivity index (χ3n) is 6.40. The highest BCUT2D eigenvalue weighted by Gasteiger charge is 2.38. The minimum atomic E-state index is 0. The molecule has 1 aliphatic heterocycles. The molecule has 3 rings (SSSR count). The summed E-state index contributed by atoms with van der Waals surface area (Å²) in [6.45, 7) is 8.43. The van der Waals surface area contributed by atoms with Crippen LogP contribution in [-0.2, 0) is 5.41 Å². The lowest BCUT2D eigenvalue weighted by atomic mass is 9.68. The largest absolute Gasteiger partial charge is 0.508 e. The molecule has 2 atom stereocenters. The normalized spacial score (nSPS) is 29.4. The Morgan fingerprint density at radius 1 is 1.26 bits per heavy atom. The summed E-state index contributed by atoms with van der Waals surface area (Å²) in [5.74, 6) is 2.02. The zero-order chi connectivity index (χ0) is 15.6. The summed E-state index contributed by atoms with van der Waals surface area (Å²) in [4.78, 5) is 2.67. The molecular weight excluding hydrogens is 306 g/mol. The van der Waals surface area contributed by atoms with E-state index in [2.05, 4.69) is 24.8 Å². The van der Waals surface area contributed by atoms with Gasteiger partial charge in [0.25, 0.3) is 0 Å². The molecule has 1 N–H and O–H groups in total. The van der Waals surface area contributed by atoms with Crippen LogP contribution in [0.1, 0.15) is 57.9 Å². The molecule has 1 aromatic rings. The molecule has 0 radical (unpaired) electrons. The minimum absolute atomic E-state index is 0. The van der Waals surface area contributed by atoms with Gasteiger partial charge in [0, 0.05) is 6.54 Å². The summed E-state index contributed by atoms with van der Waals surface area (Å²) < 4.78 is 0. The number of benzene rings is 1. The van der Waals surface area contributed by atoms with Crippen molar-refractivity contribution in [3.05, 3.63) is 29.8 Å². The molecule has 1 saturated carbocycles. The Bertz CT molecular complexity index is 500. The summed E-state index contributed by atoms with van der Waals surface area (Å²) in [6.07, 6.45) is 8.43. The van der Waals surface area contributed by atoms with E-state index < -0.39 is 0 Å². The summed E-state index contributed by atoms with van der Waals surface area (Å²) >= 11 is 0. The molecule has 2 aliphatic rings. The highest BCUT2D eigenvalue weighted by atomic mass is 35.5. The maximum atomic E-state index is 9.79. The Morgan fingerprint density at radius 2 is 2.00 bits per heavy atom. The zero-order valence-electron chi connectivity index (χ0n) is 14.6. The van der Waals surface area contributed by atoms with Crippen molar-refractivity contribution in [2.24, 2.45) is 11.8 Å². The standard InChI is InChI=1S/C20H31NO.ClH/c1-16-15-21(12-10-17-6-3-4-7-17)13-11-20(16,2)18-8-5-9-19(22)14-18;/h5,8-9,14,16-17,22H,3-4,6-7,10-13,15H2,1-2H3;1H/t16-,20-;/m0./s1. The van der Waals surface area contributed by atoms with Crippen LogP contribution < -0.4 is 0 Å². The van der Waals surface area contributed by atoms with Gasteiger partial charge in [-0.25, -0.2) is 0 Å². The van der Waals surface area contributed by atoms with E-state index in [1.807, 2.05) is 12.1 Å². The van der Waals surface area contributed by atoms with Gasteiger partial charge in [0.1, 0.15) is 5.75 Å². The molecule has 1 aromatic carbocycles. The Labute approximate surface area is 147 Å². The molecule has 3 heteroatoms. The summed E-state index contributed by atoms with van der Waals surface area (Å²) in [6, 6.07) is 7.90. The lowest BCUT2D eigenvalue weighted by Crippen LogP contribution is -2.47. The fourth-order valence-electron chi connectivity index (χ4n) is 4.47. The quantitative estimate of drug-likeness (QED) is 0.836. The van der Waals surface area contributed by atoms with E-state index in [4.69, 9.17) is 0 Å². The topological polar surface area (TPSA) is 23.5 Å². The monoisotopic (exact) mass is 337 g/mol. The molecule has 130 valence electrons. The minimum Gasteiger partial charge on any atom is -0.508 e. The first-order chi connectivity index (χ1) is 10.6. The van der Waals surface area contributed by atoms with Crippen molar-refractivity contribution in [3.63, 3.8) is 0 Å². The second-order valence-electron chi connectivity index (χ2n) is 7.86. The fourth-order valence-corrected chi connectivity index (χ4v) is 4.47. The predicted octanol–water partition coefficient (Wildman–Crippen LogP) is 4.99. The second kappa shape index (κ2) is 7.90. The predicted molar refractivity (Wildman–Crippen MR) is 99.5 cm³/mol. The van der Waals surface area contributed by atoms with Crippen LogP contribution in [0.3, 0.4) is 0 Å². The molecule has 2 fully saturated rings. The van der Waals surface area contributed by atoms with Gasteiger partial charge in [0.15, 0.2) is 0 Å². The van der Waals surface area contributed by atoms with Crippen LogP contribution in [0.15, 0.2) is 24.3 Å². The van der Waals surface area contributed by atoms with E-state index in [1.54, 1.807) is 6.07 Å². The number of piperidine rings is 1. The van der Waals surface area contributed by atoms with Gasteiger partial charge >= 0.3 is 0 Å². The smallest absolute Gasteiger partial charge is 0.115 e. The maximum Gasteiger partial charge on any atom is 0.115 e. The average Bonchev–Trinajstić information content (AvgIpc) is 3.02. The molecule has 1 saturated heterocycles. The Morgan fingerprint density at radius 3 is 2.65 bits per heavy atom. The molecule has 0 unspecified atom stereocenters. The number of phenolic OH excluding ortho intramolecular Hbond substituents is 1. The molecule has 0 bridgehead atoms. The number of phenols is 1. The van der Waals surface area contributed by atoms with E-state index in [0.717, 1.165) is 5.92 Å². The molecule has 0 aromatic heterocycles. The lowest BCUT2D eigenvalue weighted by Gasteiger charge is -2.45. The van der Waals surface area contributed by atoms with Crippen molar-refractivity contribution in [2.75, 3.05) is 19.6 Å². The maximum absolute atomic E-state index is 9.79. The van der Waals surface area contributed by atoms with Crippen molar-refractivity contribution < 1.29 is 5.11 Å². The number of hydrogen-bond donors (Lipinski definition) is 1. The zero-order valence-corrected chi connectivity index (χ0v) is 15.4. The van der Waals surface area contributed by atoms with Crippen molar-refractivity contribution in [1.82, 2.24) is 4.90 Å². The van der Waals surface area contributed by atoms with Crippen LogP contribution in [0, 0.1) is 11.8 Å². The van der Waals surface area contributed by atoms with Gasteiger partial charge in [-0.2, -0.15) is 0 Å². The summed E-state index contributed by atoms with van der Waals surface area (Å²) in [5.41, 5.74) is 1.50. The van der Waals surface area contributed by atoms with Crippen molar-refractivity contribution in [1.29, 1.82) is 0 Å². The van der Waals surface area contributed by atoms with Crippen molar-refractivity contribution in [2.45, 2.75) is 57.8 Å². The highest BCUT2D eigenvalue weighted by Crippen LogP contribution is 2.40. The van der Waals surface area contributed by atoms with Crippen molar-refractivity contribution >= 4 is 12.4 Å². The number of likely N-dealkylation sites (tertiary alicyclic amines) is 1. The number of aromatic hydroxyl groups is 1. The lowest BCUT2D eigenvalue weighted by molar-refractivity contribution is 0.106. The first-order valence-electron chi connectivity index (χ1n) is 9.10. The van der Waals surface area contributed by atoms with Gasteiger partial charge in [0.2, 0.25) is 0 Å². The first-order valence-corrected chi connectivity index (χ1v) is 9.10. The summed E-state index contributed by atoms with van der Waals surface area (Å²) in [5, 5.41) is 9.79. The molecule has 1 aliphatic carbocycles. The molecular formula is C20H32ClNO. The van der Waals surface area contributed by atoms with Gasteiger partial charge in [-0.15, -0.1) is 12.4 Å². The van der Waals surface area contributed by atoms with Gasteiger partial charge < -0.3 is 10.0 Å². The highest BCUT2D eigenvalue weighted by molar-refractivity contribution is 5.85. The molecule has 0 amide bonds. The molecule has 0 spiro atoms. The van der Waals surface area contributed by atoms with E-state index in [-0.39, 0.29) is 17.8 Å². The summed E-state index contributed by atoms with van der Waals surface area (Å²) in [7, 11) is 0. The van der Waals surface area contributed by atoms with E-state index in [0.29, 0.717) is 11.7 Å². The Kier molecular flexibility index (Phi) is 6.39. The van der Waals surface area contributed by atoms with Gasteiger partial charge in [0.05, 0.1) is 0 Å². The molecule has 1 heterocycles. The van der Waals surface area contributed by atoms with Crippen LogP contribution in [0.2, 0.25) is 0 Å². The average molecular weight is 338 g/mol. The number of nitrogens with zero attached hydrogens (tertiary/aromatic N) is 1. The number of rotatable bonds is 4. The van der Waals surface area contributed by atoms with Crippen LogP contribution >= 0.6 is 12.4 Å². The van der Waals surface area contributed by atoms with Gasteiger partial charge in [-0.3, -0.25) is 0 Å². The van der Waals surface area contributed by atoms with Crippen molar-refractivity contribution in [3.8, 4) is 5.75 Å². The van der Waals surface area contributed by atoms with Crippen LogP contribution in [-0.4, -0.2) is 29.6 Å². The van der Waals surface area contributed by atoms with E-state index in [1.165, 1.54) is 63.7 Å². The van der Waals surface area contributed by atoms with Gasteiger partial charge in [-0.1, -0.05) is 51.7 Å².